The zero-order valence-electron chi connectivity index (χ0n) is 13.9. The molecule has 0 unspecified atom stereocenters. The SMILES string of the molecule is CN(CCCO)C1CCN(c2ccc3cc(Br)cc(Cl)c3n2)CC1. The molecule has 24 heavy (non-hydrogen) atoms. The van der Waals surface area contributed by atoms with Gasteiger partial charge in [0.15, 0.2) is 0 Å². The van der Waals surface area contributed by atoms with Crippen molar-refractivity contribution >= 4 is 44.3 Å². The Kier molecular flexibility index (Phi) is 5.98. The summed E-state index contributed by atoms with van der Waals surface area (Å²) in [4.78, 5) is 9.50. The smallest absolute Gasteiger partial charge is 0.129 e. The van der Waals surface area contributed by atoms with Gasteiger partial charge in [0.1, 0.15) is 5.82 Å². The van der Waals surface area contributed by atoms with Gasteiger partial charge in [-0.05, 0) is 50.6 Å². The molecule has 3 rings (SSSR count). The number of hydrogen-bond acceptors (Lipinski definition) is 4. The third kappa shape index (κ3) is 4.02. The lowest BCUT2D eigenvalue weighted by Gasteiger charge is -2.37. The lowest BCUT2D eigenvalue weighted by Crippen LogP contribution is -2.44. The highest BCUT2D eigenvalue weighted by molar-refractivity contribution is 9.10. The molecule has 0 amide bonds. The molecule has 1 N–H and O–H groups in total. The van der Waals surface area contributed by atoms with E-state index in [0.717, 1.165) is 60.1 Å². The van der Waals surface area contributed by atoms with Crippen LogP contribution in [0.25, 0.3) is 10.9 Å². The fourth-order valence-corrected chi connectivity index (χ4v) is 4.24. The monoisotopic (exact) mass is 411 g/mol. The van der Waals surface area contributed by atoms with E-state index >= 15 is 0 Å². The molecule has 2 aromatic rings. The number of hydrogen-bond donors (Lipinski definition) is 1. The van der Waals surface area contributed by atoms with Gasteiger partial charge in [-0.1, -0.05) is 27.5 Å². The molecule has 0 aliphatic carbocycles. The van der Waals surface area contributed by atoms with E-state index in [-0.39, 0.29) is 6.61 Å². The standard InChI is InChI=1S/C18H23BrClN3O/c1-22(7-2-10-24)15-5-8-23(9-6-15)17-4-3-13-11-14(19)12-16(20)18(13)21-17/h3-4,11-12,15,24H,2,5-10H2,1H3. The molecule has 6 heteroatoms. The largest absolute Gasteiger partial charge is 0.396 e. The second-order valence-corrected chi connectivity index (χ2v) is 7.73. The summed E-state index contributed by atoms with van der Waals surface area (Å²) in [6.45, 7) is 3.22. The maximum absolute atomic E-state index is 8.97. The van der Waals surface area contributed by atoms with Crippen LogP contribution < -0.4 is 4.90 Å². The molecular formula is C18H23BrClN3O. The molecular weight excluding hydrogens is 390 g/mol. The van der Waals surface area contributed by atoms with Crippen LogP contribution in [0.5, 0.6) is 0 Å². The molecule has 0 saturated carbocycles. The van der Waals surface area contributed by atoms with Gasteiger partial charge < -0.3 is 14.9 Å². The van der Waals surface area contributed by atoms with Crippen LogP contribution in [0.1, 0.15) is 19.3 Å². The Morgan fingerprint density at radius 1 is 1.33 bits per heavy atom. The summed E-state index contributed by atoms with van der Waals surface area (Å²) in [5.41, 5.74) is 0.861. The van der Waals surface area contributed by atoms with Crippen molar-refractivity contribution < 1.29 is 5.11 Å². The number of piperidine rings is 1. The van der Waals surface area contributed by atoms with Crippen molar-refractivity contribution in [2.75, 3.05) is 38.2 Å². The van der Waals surface area contributed by atoms with Crippen molar-refractivity contribution in [2.24, 2.45) is 0 Å². The zero-order valence-corrected chi connectivity index (χ0v) is 16.2. The van der Waals surface area contributed by atoms with Crippen LogP contribution in [-0.4, -0.2) is 54.3 Å². The first kappa shape index (κ1) is 17.9. The first-order valence-electron chi connectivity index (χ1n) is 8.40. The topological polar surface area (TPSA) is 39.6 Å². The van der Waals surface area contributed by atoms with Gasteiger partial charge in [0.2, 0.25) is 0 Å². The van der Waals surface area contributed by atoms with Crippen molar-refractivity contribution in [1.29, 1.82) is 0 Å². The summed E-state index contributed by atoms with van der Waals surface area (Å²) in [6, 6.07) is 8.70. The van der Waals surface area contributed by atoms with Crippen molar-refractivity contribution in [1.82, 2.24) is 9.88 Å². The molecule has 0 radical (unpaired) electrons. The Balaban J connectivity index is 1.69. The minimum atomic E-state index is 0.265. The molecule has 4 nitrogen and oxygen atoms in total. The van der Waals surface area contributed by atoms with E-state index in [1.54, 1.807) is 0 Å². The van der Waals surface area contributed by atoms with E-state index in [9.17, 15) is 0 Å². The van der Waals surface area contributed by atoms with Crippen LogP contribution >= 0.6 is 27.5 Å². The molecule has 130 valence electrons. The lowest BCUT2D eigenvalue weighted by molar-refractivity contribution is 0.184. The summed E-state index contributed by atoms with van der Waals surface area (Å²) < 4.78 is 0.973. The number of aliphatic hydroxyl groups excluding tert-OH is 1. The molecule has 1 aromatic heterocycles. The Morgan fingerprint density at radius 2 is 2.08 bits per heavy atom. The summed E-state index contributed by atoms with van der Waals surface area (Å²) in [5.74, 6) is 1.00. The molecule has 1 aliphatic heterocycles. The Morgan fingerprint density at radius 3 is 2.79 bits per heavy atom. The van der Waals surface area contributed by atoms with Crippen LogP contribution in [0.2, 0.25) is 5.02 Å². The minimum absolute atomic E-state index is 0.265. The number of anilines is 1. The van der Waals surface area contributed by atoms with Crippen LogP contribution in [0.4, 0.5) is 5.82 Å². The van der Waals surface area contributed by atoms with Crippen LogP contribution in [0, 0.1) is 0 Å². The van der Waals surface area contributed by atoms with Crippen molar-refractivity contribution in [3.05, 3.63) is 33.8 Å². The summed E-state index contributed by atoms with van der Waals surface area (Å²) in [7, 11) is 2.15. The molecule has 0 bridgehead atoms. The van der Waals surface area contributed by atoms with E-state index in [1.807, 2.05) is 12.1 Å². The van der Waals surface area contributed by atoms with Gasteiger partial charge >= 0.3 is 0 Å². The highest BCUT2D eigenvalue weighted by Gasteiger charge is 2.23. The number of benzene rings is 1. The van der Waals surface area contributed by atoms with Crippen molar-refractivity contribution in [3.8, 4) is 0 Å². The molecule has 0 spiro atoms. The maximum atomic E-state index is 8.97. The van der Waals surface area contributed by atoms with Gasteiger partial charge in [-0.25, -0.2) is 4.98 Å². The van der Waals surface area contributed by atoms with Gasteiger partial charge in [-0.3, -0.25) is 0 Å². The normalized spacial score (nSPS) is 16.3. The number of halogens is 2. The van der Waals surface area contributed by atoms with E-state index in [0.29, 0.717) is 11.1 Å². The van der Waals surface area contributed by atoms with Crippen LogP contribution in [0.3, 0.4) is 0 Å². The molecule has 1 aromatic carbocycles. The third-order valence-corrected chi connectivity index (χ3v) is 5.52. The van der Waals surface area contributed by atoms with E-state index in [4.69, 9.17) is 21.7 Å². The fraction of sp³-hybridized carbons (Fsp3) is 0.500. The summed E-state index contributed by atoms with van der Waals surface area (Å²) in [5, 5.41) is 10.7. The Hall–Kier alpha value is -0.880. The molecule has 1 aliphatic rings. The quantitative estimate of drug-likeness (QED) is 0.807. The van der Waals surface area contributed by atoms with Gasteiger partial charge in [-0.15, -0.1) is 0 Å². The van der Waals surface area contributed by atoms with Crippen LogP contribution in [-0.2, 0) is 0 Å². The first-order chi connectivity index (χ1) is 11.6. The predicted molar refractivity (Wildman–Crippen MR) is 104 cm³/mol. The zero-order chi connectivity index (χ0) is 17.1. The highest BCUT2D eigenvalue weighted by Crippen LogP contribution is 2.29. The van der Waals surface area contributed by atoms with Gasteiger partial charge in [0.05, 0.1) is 10.5 Å². The van der Waals surface area contributed by atoms with E-state index in [1.165, 1.54) is 0 Å². The number of rotatable bonds is 5. The Bertz CT molecular complexity index is 704. The summed E-state index contributed by atoms with van der Waals surface area (Å²) >= 11 is 9.82. The second kappa shape index (κ2) is 8.00. The number of aliphatic hydroxyl groups is 1. The predicted octanol–water partition coefficient (Wildman–Crippen LogP) is 3.93. The van der Waals surface area contributed by atoms with Gasteiger partial charge in [-0.2, -0.15) is 0 Å². The average Bonchev–Trinajstić information content (AvgIpc) is 2.59. The second-order valence-electron chi connectivity index (χ2n) is 6.40. The molecule has 0 atom stereocenters. The lowest BCUT2D eigenvalue weighted by atomic mass is 10.0. The van der Waals surface area contributed by atoms with Crippen molar-refractivity contribution in [2.45, 2.75) is 25.3 Å². The summed E-state index contributed by atoms with van der Waals surface area (Å²) in [6.07, 6.45) is 3.09. The number of pyridine rings is 1. The number of aromatic nitrogens is 1. The first-order valence-corrected chi connectivity index (χ1v) is 9.57. The van der Waals surface area contributed by atoms with E-state index in [2.05, 4.69) is 44.9 Å². The maximum Gasteiger partial charge on any atom is 0.129 e. The fourth-order valence-electron chi connectivity index (χ4n) is 3.36. The third-order valence-electron chi connectivity index (χ3n) is 4.78. The average molecular weight is 413 g/mol. The minimum Gasteiger partial charge on any atom is -0.396 e. The molecule has 1 saturated heterocycles. The molecule has 1 fully saturated rings. The molecule has 2 heterocycles. The number of fused-ring (bicyclic) bond motifs is 1. The Labute approximate surface area is 156 Å². The van der Waals surface area contributed by atoms with Crippen molar-refractivity contribution in [3.63, 3.8) is 0 Å². The van der Waals surface area contributed by atoms with Crippen LogP contribution in [0.15, 0.2) is 28.7 Å². The van der Waals surface area contributed by atoms with Gasteiger partial charge in [0.25, 0.3) is 0 Å². The van der Waals surface area contributed by atoms with E-state index < -0.39 is 0 Å². The highest BCUT2D eigenvalue weighted by atomic mass is 79.9. The van der Waals surface area contributed by atoms with Gasteiger partial charge in [0, 0.05) is 42.1 Å². The number of nitrogens with zero attached hydrogens (tertiary/aromatic N) is 3.